The third-order valence-electron chi connectivity index (χ3n) is 4.82. The van der Waals surface area contributed by atoms with E-state index < -0.39 is 11.2 Å². The lowest BCUT2D eigenvalue weighted by Crippen LogP contribution is -2.38. The van der Waals surface area contributed by atoms with E-state index in [1.807, 2.05) is 48.5 Å². The molecule has 2 aromatic heterocycles. The smallest absolute Gasteiger partial charge is 0.332 e. The SMILES string of the molecule is Cn1c(=O)n(Cc2ccccc2)c(=O)c2cc(C(=O)NCc3ccccc3Cl)sc21. The second-order valence-corrected chi connectivity index (χ2v) is 8.26. The molecule has 0 fully saturated rings. The van der Waals surface area contributed by atoms with E-state index in [0.29, 0.717) is 20.1 Å². The first-order valence-corrected chi connectivity index (χ1v) is 10.4. The number of carbonyl (C=O) groups is 1. The zero-order valence-electron chi connectivity index (χ0n) is 16.1. The summed E-state index contributed by atoms with van der Waals surface area (Å²) in [5.74, 6) is -0.322. The summed E-state index contributed by atoms with van der Waals surface area (Å²) in [5.41, 5.74) is 0.829. The van der Waals surface area contributed by atoms with Gasteiger partial charge in [0.05, 0.1) is 16.8 Å². The third-order valence-corrected chi connectivity index (χ3v) is 6.39. The van der Waals surface area contributed by atoms with Crippen molar-refractivity contribution in [3.63, 3.8) is 0 Å². The fourth-order valence-corrected chi connectivity index (χ4v) is 4.43. The molecule has 2 aromatic carbocycles. The van der Waals surface area contributed by atoms with Crippen LogP contribution >= 0.6 is 22.9 Å². The number of amides is 1. The van der Waals surface area contributed by atoms with Gasteiger partial charge in [-0.2, -0.15) is 0 Å². The number of aromatic nitrogens is 2. The molecule has 2 heterocycles. The Balaban J connectivity index is 1.67. The number of fused-ring (bicyclic) bond motifs is 1. The predicted molar refractivity (Wildman–Crippen MR) is 119 cm³/mol. The van der Waals surface area contributed by atoms with Gasteiger partial charge in [0.2, 0.25) is 0 Å². The number of aryl methyl sites for hydroxylation is 1. The summed E-state index contributed by atoms with van der Waals surface area (Å²) in [4.78, 5) is 39.2. The highest BCUT2D eigenvalue weighted by atomic mass is 35.5. The monoisotopic (exact) mass is 439 g/mol. The number of nitrogens with zero attached hydrogens (tertiary/aromatic N) is 2. The number of rotatable bonds is 5. The topological polar surface area (TPSA) is 73.1 Å². The van der Waals surface area contributed by atoms with E-state index in [-0.39, 0.29) is 19.0 Å². The fraction of sp³-hybridized carbons (Fsp3) is 0.136. The average Bonchev–Trinajstić information content (AvgIpc) is 3.21. The van der Waals surface area contributed by atoms with Gasteiger partial charge in [0.25, 0.3) is 11.5 Å². The Morgan fingerprint density at radius 1 is 1.07 bits per heavy atom. The first kappa shape index (κ1) is 20.1. The van der Waals surface area contributed by atoms with Gasteiger partial charge in [-0.25, -0.2) is 4.79 Å². The minimum Gasteiger partial charge on any atom is -0.347 e. The Kier molecular flexibility index (Phi) is 5.57. The van der Waals surface area contributed by atoms with Crippen LogP contribution in [0.15, 0.2) is 70.3 Å². The molecule has 0 unspecified atom stereocenters. The van der Waals surface area contributed by atoms with E-state index in [1.54, 1.807) is 19.2 Å². The Bertz CT molecular complexity index is 1360. The van der Waals surface area contributed by atoms with Crippen LogP contribution in [0.25, 0.3) is 10.2 Å². The normalized spacial score (nSPS) is 11.0. The zero-order chi connectivity index (χ0) is 21.3. The molecular weight excluding hydrogens is 422 g/mol. The lowest BCUT2D eigenvalue weighted by atomic mass is 10.2. The summed E-state index contributed by atoms with van der Waals surface area (Å²) in [6, 6.07) is 18.1. The van der Waals surface area contributed by atoms with Gasteiger partial charge in [-0.3, -0.25) is 18.7 Å². The van der Waals surface area contributed by atoms with Gasteiger partial charge in [0.1, 0.15) is 4.83 Å². The number of carbonyl (C=O) groups excluding carboxylic acids is 1. The van der Waals surface area contributed by atoms with Crippen LogP contribution in [0.5, 0.6) is 0 Å². The number of thiophene rings is 1. The van der Waals surface area contributed by atoms with Gasteiger partial charge in [0, 0.05) is 18.6 Å². The summed E-state index contributed by atoms with van der Waals surface area (Å²) in [6.45, 7) is 0.441. The van der Waals surface area contributed by atoms with Crippen LogP contribution in [0.3, 0.4) is 0 Å². The molecule has 4 aromatic rings. The van der Waals surface area contributed by atoms with Crippen LogP contribution in [0.1, 0.15) is 20.8 Å². The van der Waals surface area contributed by atoms with Gasteiger partial charge in [-0.15, -0.1) is 11.3 Å². The summed E-state index contributed by atoms with van der Waals surface area (Å²) in [6.07, 6.45) is 0. The molecule has 0 atom stereocenters. The van der Waals surface area contributed by atoms with Crippen LogP contribution in [0, 0.1) is 0 Å². The highest BCUT2D eigenvalue weighted by Gasteiger charge is 2.18. The summed E-state index contributed by atoms with van der Waals surface area (Å²) in [5, 5.41) is 3.73. The van der Waals surface area contributed by atoms with Crippen molar-refractivity contribution >= 4 is 39.1 Å². The molecule has 1 N–H and O–H groups in total. The van der Waals surface area contributed by atoms with E-state index in [9.17, 15) is 14.4 Å². The molecule has 0 aliphatic carbocycles. The maximum atomic E-state index is 13.0. The van der Waals surface area contributed by atoms with Gasteiger partial charge < -0.3 is 5.32 Å². The lowest BCUT2D eigenvalue weighted by Gasteiger charge is -2.08. The standard InChI is InChI=1S/C22H18ClN3O3S/c1-25-21-16(20(28)26(22(25)29)13-14-7-3-2-4-8-14)11-18(30-21)19(27)24-12-15-9-5-6-10-17(15)23/h2-11H,12-13H2,1H3,(H,24,27). The number of halogens is 1. The van der Waals surface area contributed by atoms with E-state index >= 15 is 0 Å². The van der Waals surface area contributed by atoms with Crippen molar-refractivity contribution in [2.75, 3.05) is 0 Å². The van der Waals surface area contributed by atoms with E-state index in [4.69, 9.17) is 11.6 Å². The summed E-state index contributed by atoms with van der Waals surface area (Å²) >= 11 is 7.25. The molecule has 0 aliphatic rings. The molecule has 0 spiro atoms. The maximum Gasteiger partial charge on any atom is 0.332 e. The molecule has 0 saturated heterocycles. The van der Waals surface area contributed by atoms with E-state index in [1.165, 1.54) is 9.13 Å². The quantitative estimate of drug-likeness (QED) is 0.518. The second kappa shape index (κ2) is 8.30. The highest BCUT2D eigenvalue weighted by Crippen LogP contribution is 2.22. The molecule has 4 rings (SSSR count). The van der Waals surface area contributed by atoms with Gasteiger partial charge in [-0.1, -0.05) is 60.1 Å². The van der Waals surface area contributed by atoms with Crippen LogP contribution in [-0.2, 0) is 20.1 Å². The van der Waals surface area contributed by atoms with Crippen LogP contribution in [-0.4, -0.2) is 15.0 Å². The summed E-state index contributed by atoms with van der Waals surface area (Å²) in [7, 11) is 1.60. The minimum absolute atomic E-state index is 0.173. The predicted octanol–water partition coefficient (Wildman–Crippen LogP) is 3.39. The summed E-state index contributed by atoms with van der Waals surface area (Å²) < 4.78 is 2.60. The van der Waals surface area contributed by atoms with Crippen molar-refractivity contribution < 1.29 is 4.79 Å². The number of hydrogen-bond donors (Lipinski definition) is 1. The molecule has 8 heteroatoms. The first-order valence-electron chi connectivity index (χ1n) is 9.24. The average molecular weight is 440 g/mol. The third kappa shape index (κ3) is 3.81. The first-order chi connectivity index (χ1) is 14.5. The molecule has 6 nitrogen and oxygen atoms in total. The molecule has 30 heavy (non-hydrogen) atoms. The van der Waals surface area contributed by atoms with Crippen molar-refractivity contribution in [1.82, 2.24) is 14.5 Å². The number of hydrogen-bond acceptors (Lipinski definition) is 4. The molecule has 0 aliphatic heterocycles. The van der Waals surface area contributed by atoms with Crippen molar-refractivity contribution in [3.8, 4) is 0 Å². The molecule has 0 saturated carbocycles. The van der Waals surface area contributed by atoms with Gasteiger partial charge in [-0.05, 0) is 23.3 Å². The Morgan fingerprint density at radius 2 is 1.77 bits per heavy atom. The minimum atomic E-state index is -0.416. The molecule has 0 radical (unpaired) electrons. The van der Waals surface area contributed by atoms with Crippen molar-refractivity contribution in [1.29, 1.82) is 0 Å². The Morgan fingerprint density at radius 3 is 2.50 bits per heavy atom. The van der Waals surface area contributed by atoms with Crippen molar-refractivity contribution in [3.05, 3.63) is 103 Å². The van der Waals surface area contributed by atoms with Crippen LogP contribution in [0.2, 0.25) is 5.02 Å². The van der Waals surface area contributed by atoms with E-state index in [0.717, 1.165) is 22.5 Å². The lowest BCUT2D eigenvalue weighted by molar-refractivity contribution is 0.0955. The van der Waals surface area contributed by atoms with Gasteiger partial charge in [0.15, 0.2) is 0 Å². The van der Waals surface area contributed by atoms with Gasteiger partial charge >= 0.3 is 5.69 Å². The van der Waals surface area contributed by atoms with Crippen LogP contribution < -0.4 is 16.6 Å². The van der Waals surface area contributed by atoms with Crippen molar-refractivity contribution in [2.24, 2.45) is 7.05 Å². The van der Waals surface area contributed by atoms with E-state index in [2.05, 4.69) is 5.32 Å². The molecule has 152 valence electrons. The number of nitrogens with one attached hydrogen (secondary N) is 1. The zero-order valence-corrected chi connectivity index (χ0v) is 17.7. The largest absolute Gasteiger partial charge is 0.347 e. The van der Waals surface area contributed by atoms with Crippen LogP contribution in [0.4, 0.5) is 0 Å². The Hall–Kier alpha value is -3.16. The number of benzene rings is 2. The highest BCUT2D eigenvalue weighted by molar-refractivity contribution is 7.20. The van der Waals surface area contributed by atoms with Crippen molar-refractivity contribution in [2.45, 2.75) is 13.1 Å². The molecule has 1 amide bonds. The Labute approximate surface area is 181 Å². The second-order valence-electron chi connectivity index (χ2n) is 6.82. The molecule has 0 bridgehead atoms. The molecular formula is C22H18ClN3O3S. The fourth-order valence-electron chi connectivity index (χ4n) is 3.21. The maximum absolute atomic E-state index is 13.0.